The molecule has 0 aliphatic rings. The number of hydrogen-bond donors (Lipinski definition) is 2. The van der Waals surface area contributed by atoms with Crippen LogP contribution in [0.2, 0.25) is 0 Å². The first kappa shape index (κ1) is 13.3. The fourth-order valence-electron chi connectivity index (χ4n) is 2.27. The quantitative estimate of drug-likeness (QED) is 0.714. The van der Waals surface area contributed by atoms with Gasteiger partial charge in [-0.25, -0.2) is 14.8 Å². The first-order valence-electron chi connectivity index (χ1n) is 6.26. The van der Waals surface area contributed by atoms with Crippen LogP contribution in [0.1, 0.15) is 15.9 Å². The number of nitrogens with zero attached hydrogens (tertiary/aromatic N) is 2. The molecule has 1 aromatic heterocycles. The number of aromatic carboxylic acids is 1. The van der Waals surface area contributed by atoms with Crippen LogP contribution >= 0.6 is 0 Å². The third-order valence-corrected chi connectivity index (χ3v) is 3.29. The number of carboxylic acid groups (broad SMARTS) is 1. The molecule has 3 rings (SSSR count). The van der Waals surface area contributed by atoms with E-state index in [-0.39, 0.29) is 12.2 Å². The van der Waals surface area contributed by atoms with Crippen molar-refractivity contribution in [2.24, 2.45) is 0 Å². The van der Waals surface area contributed by atoms with E-state index in [2.05, 4.69) is 9.97 Å². The highest BCUT2D eigenvalue weighted by Gasteiger charge is 2.15. The Labute approximate surface area is 119 Å². The van der Waals surface area contributed by atoms with Gasteiger partial charge in [0, 0.05) is 5.56 Å². The molecule has 0 saturated carbocycles. The van der Waals surface area contributed by atoms with Gasteiger partial charge < -0.3 is 14.9 Å². The molecule has 3 aromatic rings. The predicted molar refractivity (Wildman–Crippen MR) is 76.5 cm³/mol. The van der Waals surface area contributed by atoms with Gasteiger partial charge in [-0.1, -0.05) is 12.1 Å². The summed E-state index contributed by atoms with van der Waals surface area (Å²) in [6.45, 7) is -0.181. The van der Waals surface area contributed by atoms with E-state index in [0.717, 1.165) is 0 Å². The van der Waals surface area contributed by atoms with Crippen LogP contribution in [0.25, 0.3) is 22.1 Å². The normalized spacial score (nSPS) is 11.0. The van der Waals surface area contributed by atoms with Gasteiger partial charge in [-0.15, -0.1) is 0 Å². The topological polar surface area (TPSA) is 92.5 Å². The van der Waals surface area contributed by atoms with E-state index in [1.165, 1.54) is 13.2 Å². The van der Waals surface area contributed by atoms with E-state index in [1.807, 2.05) is 0 Å². The molecule has 0 atom stereocenters. The van der Waals surface area contributed by atoms with Crippen LogP contribution in [0.15, 0.2) is 30.3 Å². The maximum Gasteiger partial charge on any atom is 0.337 e. The third kappa shape index (κ3) is 2.05. The molecule has 0 unspecified atom stereocenters. The second kappa shape index (κ2) is 4.99. The van der Waals surface area contributed by atoms with Gasteiger partial charge in [0.2, 0.25) is 0 Å². The number of carbonyl (C=O) groups is 1. The number of benzene rings is 2. The fourth-order valence-corrected chi connectivity index (χ4v) is 2.27. The smallest absolute Gasteiger partial charge is 0.337 e. The molecule has 2 N–H and O–H groups in total. The van der Waals surface area contributed by atoms with Crippen molar-refractivity contribution in [3.05, 3.63) is 41.5 Å². The first-order valence-corrected chi connectivity index (χ1v) is 6.26. The molecule has 0 radical (unpaired) electrons. The summed E-state index contributed by atoms with van der Waals surface area (Å²) in [7, 11) is 1.50. The summed E-state index contributed by atoms with van der Waals surface area (Å²) < 4.78 is 5.24. The highest BCUT2D eigenvalue weighted by atomic mass is 16.5. The molecule has 106 valence electrons. The van der Waals surface area contributed by atoms with Gasteiger partial charge in [0.15, 0.2) is 0 Å². The van der Waals surface area contributed by atoms with Crippen LogP contribution in [0.5, 0.6) is 5.75 Å². The van der Waals surface area contributed by atoms with Crippen LogP contribution in [0, 0.1) is 0 Å². The lowest BCUT2D eigenvalue weighted by Crippen LogP contribution is -2.02. The van der Waals surface area contributed by atoms with Crippen molar-refractivity contribution in [1.29, 1.82) is 0 Å². The van der Waals surface area contributed by atoms with Gasteiger partial charge in [0.1, 0.15) is 16.8 Å². The summed E-state index contributed by atoms with van der Waals surface area (Å²) in [6, 6.07) is 8.17. The van der Waals surface area contributed by atoms with Crippen molar-refractivity contribution >= 4 is 28.0 Å². The lowest BCUT2D eigenvalue weighted by molar-refractivity contribution is 0.0699. The van der Waals surface area contributed by atoms with Crippen molar-refractivity contribution in [2.75, 3.05) is 7.11 Å². The van der Waals surface area contributed by atoms with Crippen molar-refractivity contribution in [3.8, 4) is 5.75 Å². The molecule has 6 heteroatoms. The number of fused-ring (bicyclic) bond motifs is 2. The minimum Gasteiger partial charge on any atom is -0.494 e. The second-order valence-electron chi connectivity index (χ2n) is 4.48. The largest absolute Gasteiger partial charge is 0.494 e. The summed E-state index contributed by atoms with van der Waals surface area (Å²) in [5, 5.41) is 18.7. The summed E-state index contributed by atoms with van der Waals surface area (Å²) in [5.74, 6) is -0.580. The van der Waals surface area contributed by atoms with Crippen molar-refractivity contribution in [3.63, 3.8) is 0 Å². The highest BCUT2D eigenvalue weighted by Crippen LogP contribution is 2.28. The zero-order valence-corrected chi connectivity index (χ0v) is 11.2. The van der Waals surface area contributed by atoms with Crippen LogP contribution in [-0.4, -0.2) is 33.3 Å². The Kier molecular flexibility index (Phi) is 3.15. The van der Waals surface area contributed by atoms with Gasteiger partial charge >= 0.3 is 5.97 Å². The molecule has 0 bridgehead atoms. The number of para-hydroxylation sites is 1. The third-order valence-electron chi connectivity index (χ3n) is 3.29. The van der Waals surface area contributed by atoms with Gasteiger partial charge in [0.25, 0.3) is 0 Å². The van der Waals surface area contributed by atoms with Crippen LogP contribution in [-0.2, 0) is 6.61 Å². The zero-order valence-electron chi connectivity index (χ0n) is 11.2. The number of aromatic nitrogens is 2. The molecule has 21 heavy (non-hydrogen) atoms. The average molecular weight is 284 g/mol. The molecule has 0 fully saturated rings. The lowest BCUT2D eigenvalue weighted by atomic mass is 10.1. The Hall–Kier alpha value is -2.73. The van der Waals surface area contributed by atoms with E-state index in [0.29, 0.717) is 33.4 Å². The molecular weight excluding hydrogens is 272 g/mol. The van der Waals surface area contributed by atoms with E-state index in [4.69, 9.17) is 4.74 Å². The van der Waals surface area contributed by atoms with Crippen molar-refractivity contribution in [2.45, 2.75) is 6.61 Å². The highest BCUT2D eigenvalue weighted by molar-refractivity contribution is 6.03. The Morgan fingerprint density at radius 3 is 2.62 bits per heavy atom. The Morgan fingerprint density at radius 2 is 1.95 bits per heavy atom. The monoisotopic (exact) mass is 284 g/mol. The second-order valence-corrected chi connectivity index (χ2v) is 4.48. The number of rotatable bonds is 3. The average Bonchev–Trinajstić information content (AvgIpc) is 2.51. The molecule has 2 aromatic carbocycles. The summed E-state index contributed by atoms with van der Waals surface area (Å²) >= 11 is 0. The number of aliphatic hydroxyl groups excluding tert-OH is 1. The summed E-state index contributed by atoms with van der Waals surface area (Å²) in [5.41, 5.74) is 2.40. The number of aliphatic hydroxyl groups is 1. The maximum absolute atomic E-state index is 11.3. The van der Waals surface area contributed by atoms with Gasteiger partial charge in [0.05, 0.1) is 30.3 Å². The number of ether oxygens (including phenoxy) is 1. The number of hydrogen-bond acceptors (Lipinski definition) is 5. The van der Waals surface area contributed by atoms with E-state index >= 15 is 0 Å². The molecular formula is C15H12N2O4. The lowest BCUT2D eigenvalue weighted by Gasteiger charge is -2.09. The molecule has 0 spiro atoms. The molecule has 0 saturated heterocycles. The molecule has 0 aliphatic carbocycles. The van der Waals surface area contributed by atoms with Crippen molar-refractivity contribution in [1.82, 2.24) is 9.97 Å². The minimum atomic E-state index is -1.06. The van der Waals surface area contributed by atoms with Crippen molar-refractivity contribution < 1.29 is 19.7 Å². The van der Waals surface area contributed by atoms with Crippen LogP contribution in [0.3, 0.4) is 0 Å². The summed E-state index contributed by atoms with van der Waals surface area (Å²) in [4.78, 5) is 20.1. The maximum atomic E-state index is 11.3. The van der Waals surface area contributed by atoms with E-state index in [1.54, 1.807) is 24.3 Å². The molecule has 6 nitrogen and oxygen atoms in total. The first-order chi connectivity index (χ1) is 10.2. The van der Waals surface area contributed by atoms with E-state index < -0.39 is 5.97 Å². The van der Waals surface area contributed by atoms with Gasteiger partial charge in [-0.3, -0.25) is 0 Å². The predicted octanol–water partition coefficient (Wildman–Crippen LogP) is 1.98. The van der Waals surface area contributed by atoms with E-state index in [9.17, 15) is 15.0 Å². The SMILES string of the molecule is COc1ccc(CO)c2nc3cccc(C(=O)O)c3nc12. The number of methoxy groups -OCH3 is 1. The zero-order chi connectivity index (χ0) is 15.0. The Morgan fingerprint density at radius 1 is 1.14 bits per heavy atom. The Balaban J connectivity index is 2.48. The van der Waals surface area contributed by atoms with Gasteiger partial charge in [-0.2, -0.15) is 0 Å². The fraction of sp³-hybridized carbons (Fsp3) is 0.133. The minimum absolute atomic E-state index is 0.0818. The standard InChI is InChI=1S/C15H12N2O4/c1-21-11-6-5-8(7-18)12-14(11)17-13-9(15(19)20)3-2-4-10(13)16-12/h2-6,18H,7H2,1H3,(H,19,20). The molecule has 1 heterocycles. The van der Waals surface area contributed by atoms with Crippen LogP contribution in [0.4, 0.5) is 0 Å². The number of carboxylic acids is 1. The van der Waals surface area contributed by atoms with Gasteiger partial charge in [-0.05, 0) is 18.2 Å². The van der Waals surface area contributed by atoms with Crippen LogP contribution < -0.4 is 4.74 Å². The molecule has 0 aliphatic heterocycles. The molecule has 0 amide bonds. The summed E-state index contributed by atoms with van der Waals surface area (Å²) in [6.07, 6.45) is 0. The Bertz CT molecular complexity index is 861.